The molecule has 0 spiro atoms. The van der Waals surface area contributed by atoms with Gasteiger partial charge in [0.15, 0.2) is 0 Å². The third-order valence-corrected chi connectivity index (χ3v) is 3.61. The molecule has 0 unspecified atom stereocenters. The highest BCUT2D eigenvalue weighted by Crippen LogP contribution is 2.09. The van der Waals surface area contributed by atoms with Crippen LogP contribution in [0.25, 0.3) is 0 Å². The van der Waals surface area contributed by atoms with Crippen LogP contribution in [0.2, 0.25) is 0 Å². The first-order valence-corrected chi connectivity index (χ1v) is 6.54. The SMILES string of the molecule is CS[C@@H](C)C(=O)NC[C@H]1CCCNC1. The van der Waals surface area contributed by atoms with E-state index >= 15 is 0 Å². The summed E-state index contributed by atoms with van der Waals surface area (Å²) in [5.74, 6) is 0.796. The van der Waals surface area contributed by atoms with E-state index in [0.717, 1.165) is 19.6 Å². The second kappa shape index (κ2) is 6.30. The van der Waals surface area contributed by atoms with Crippen molar-refractivity contribution < 1.29 is 4.79 Å². The summed E-state index contributed by atoms with van der Waals surface area (Å²) in [7, 11) is 0. The minimum atomic E-state index is 0.0755. The van der Waals surface area contributed by atoms with Gasteiger partial charge in [-0.05, 0) is 45.0 Å². The molecular formula is C10H20N2OS. The maximum absolute atomic E-state index is 11.5. The van der Waals surface area contributed by atoms with Gasteiger partial charge in [0.2, 0.25) is 5.91 Å². The van der Waals surface area contributed by atoms with Gasteiger partial charge in [-0.2, -0.15) is 11.8 Å². The molecule has 0 aromatic carbocycles. The molecule has 1 aliphatic heterocycles. The van der Waals surface area contributed by atoms with Crippen molar-refractivity contribution in [3.8, 4) is 0 Å². The van der Waals surface area contributed by atoms with E-state index in [0.29, 0.717) is 5.92 Å². The minimum Gasteiger partial charge on any atom is -0.355 e. The fraction of sp³-hybridized carbons (Fsp3) is 0.900. The van der Waals surface area contributed by atoms with Gasteiger partial charge < -0.3 is 10.6 Å². The van der Waals surface area contributed by atoms with Crippen molar-refractivity contribution in [2.75, 3.05) is 25.9 Å². The van der Waals surface area contributed by atoms with Gasteiger partial charge in [-0.15, -0.1) is 0 Å². The Bertz CT molecular complexity index is 181. The van der Waals surface area contributed by atoms with Crippen LogP contribution in [0.3, 0.4) is 0 Å². The molecule has 3 nitrogen and oxygen atoms in total. The van der Waals surface area contributed by atoms with Crippen molar-refractivity contribution in [1.29, 1.82) is 0 Å². The van der Waals surface area contributed by atoms with Crippen molar-refractivity contribution >= 4 is 17.7 Å². The molecule has 82 valence electrons. The molecule has 1 heterocycles. The van der Waals surface area contributed by atoms with E-state index in [2.05, 4.69) is 10.6 Å². The summed E-state index contributed by atoms with van der Waals surface area (Å²) in [5.41, 5.74) is 0. The Morgan fingerprint density at radius 2 is 2.50 bits per heavy atom. The lowest BCUT2D eigenvalue weighted by Gasteiger charge is -2.23. The Morgan fingerprint density at radius 3 is 3.07 bits per heavy atom. The predicted octanol–water partition coefficient (Wildman–Crippen LogP) is 0.854. The first-order chi connectivity index (χ1) is 6.74. The maximum Gasteiger partial charge on any atom is 0.232 e. The molecule has 0 aromatic heterocycles. The van der Waals surface area contributed by atoms with Crippen LogP contribution in [0.1, 0.15) is 19.8 Å². The van der Waals surface area contributed by atoms with Crippen LogP contribution >= 0.6 is 11.8 Å². The van der Waals surface area contributed by atoms with Gasteiger partial charge in [-0.25, -0.2) is 0 Å². The highest BCUT2D eigenvalue weighted by molar-refractivity contribution is 7.99. The quantitative estimate of drug-likeness (QED) is 0.732. The number of thioether (sulfide) groups is 1. The number of piperidine rings is 1. The Morgan fingerprint density at radius 1 is 1.71 bits per heavy atom. The van der Waals surface area contributed by atoms with E-state index < -0.39 is 0 Å². The molecule has 14 heavy (non-hydrogen) atoms. The molecule has 0 aliphatic carbocycles. The second-order valence-electron chi connectivity index (χ2n) is 3.84. The van der Waals surface area contributed by atoms with Crippen LogP contribution in [0, 0.1) is 5.92 Å². The van der Waals surface area contributed by atoms with Crippen LogP contribution in [0.5, 0.6) is 0 Å². The highest BCUT2D eigenvalue weighted by atomic mass is 32.2. The number of nitrogens with one attached hydrogen (secondary N) is 2. The Balaban J connectivity index is 2.15. The molecule has 2 N–H and O–H groups in total. The molecule has 1 saturated heterocycles. The Hall–Kier alpha value is -0.220. The molecule has 1 amide bonds. The monoisotopic (exact) mass is 216 g/mol. The van der Waals surface area contributed by atoms with Crippen molar-refractivity contribution in [1.82, 2.24) is 10.6 Å². The van der Waals surface area contributed by atoms with Gasteiger partial charge in [0.1, 0.15) is 0 Å². The number of hydrogen-bond acceptors (Lipinski definition) is 3. The zero-order chi connectivity index (χ0) is 10.4. The zero-order valence-electron chi connectivity index (χ0n) is 9.01. The van der Waals surface area contributed by atoms with Crippen LogP contribution in [-0.4, -0.2) is 37.0 Å². The average Bonchev–Trinajstić information content (AvgIpc) is 2.26. The van der Waals surface area contributed by atoms with E-state index in [-0.39, 0.29) is 11.2 Å². The van der Waals surface area contributed by atoms with Crippen molar-refractivity contribution in [3.05, 3.63) is 0 Å². The van der Waals surface area contributed by atoms with Crippen molar-refractivity contribution in [2.45, 2.75) is 25.0 Å². The van der Waals surface area contributed by atoms with Crippen molar-refractivity contribution in [3.63, 3.8) is 0 Å². The lowest BCUT2D eigenvalue weighted by molar-refractivity contribution is -0.120. The number of amides is 1. The molecule has 4 heteroatoms. The second-order valence-corrected chi connectivity index (χ2v) is 5.01. The van der Waals surface area contributed by atoms with Crippen LogP contribution in [0.15, 0.2) is 0 Å². The first-order valence-electron chi connectivity index (χ1n) is 5.25. The molecule has 0 aromatic rings. The van der Waals surface area contributed by atoms with E-state index in [1.807, 2.05) is 13.2 Å². The lowest BCUT2D eigenvalue weighted by atomic mass is 10.00. The van der Waals surface area contributed by atoms with Crippen LogP contribution < -0.4 is 10.6 Å². The van der Waals surface area contributed by atoms with E-state index in [9.17, 15) is 4.79 Å². The fourth-order valence-corrected chi connectivity index (χ4v) is 1.89. The van der Waals surface area contributed by atoms with Gasteiger partial charge in [0.05, 0.1) is 5.25 Å². The Labute approximate surface area is 90.4 Å². The summed E-state index contributed by atoms with van der Waals surface area (Å²) in [6.45, 7) is 4.95. The summed E-state index contributed by atoms with van der Waals surface area (Å²) in [6.07, 6.45) is 4.44. The smallest absolute Gasteiger partial charge is 0.232 e. The van der Waals surface area contributed by atoms with Gasteiger partial charge in [-0.3, -0.25) is 4.79 Å². The number of carbonyl (C=O) groups is 1. The molecular weight excluding hydrogens is 196 g/mol. The molecule has 1 aliphatic rings. The Kier molecular flexibility index (Phi) is 5.33. The molecule has 0 bridgehead atoms. The number of hydrogen-bond donors (Lipinski definition) is 2. The van der Waals surface area contributed by atoms with Crippen molar-refractivity contribution in [2.24, 2.45) is 5.92 Å². The van der Waals surface area contributed by atoms with Gasteiger partial charge in [0, 0.05) is 6.54 Å². The minimum absolute atomic E-state index is 0.0755. The van der Waals surface area contributed by atoms with Gasteiger partial charge in [-0.1, -0.05) is 0 Å². The summed E-state index contributed by atoms with van der Waals surface area (Å²) in [6, 6.07) is 0. The van der Waals surface area contributed by atoms with Crippen LogP contribution in [0.4, 0.5) is 0 Å². The molecule has 2 atom stereocenters. The highest BCUT2D eigenvalue weighted by Gasteiger charge is 2.15. The third-order valence-electron chi connectivity index (χ3n) is 2.69. The third kappa shape index (κ3) is 3.88. The zero-order valence-corrected chi connectivity index (χ0v) is 9.82. The largest absolute Gasteiger partial charge is 0.355 e. The summed E-state index contributed by atoms with van der Waals surface area (Å²) >= 11 is 1.59. The summed E-state index contributed by atoms with van der Waals surface area (Å²) < 4.78 is 0. The predicted molar refractivity (Wildman–Crippen MR) is 61.6 cm³/mol. The number of carbonyl (C=O) groups excluding carboxylic acids is 1. The standard InChI is InChI=1S/C10H20N2OS/c1-8(14-2)10(13)12-7-9-4-3-5-11-6-9/h8-9,11H,3-7H2,1-2H3,(H,12,13)/t8-,9-/m0/s1. The summed E-state index contributed by atoms with van der Waals surface area (Å²) in [5, 5.41) is 6.42. The van der Waals surface area contributed by atoms with E-state index in [4.69, 9.17) is 0 Å². The van der Waals surface area contributed by atoms with Gasteiger partial charge in [0.25, 0.3) is 0 Å². The molecule has 0 saturated carbocycles. The maximum atomic E-state index is 11.5. The fourth-order valence-electron chi connectivity index (χ4n) is 1.59. The van der Waals surface area contributed by atoms with E-state index in [1.54, 1.807) is 11.8 Å². The first kappa shape index (κ1) is 11.9. The number of rotatable bonds is 4. The van der Waals surface area contributed by atoms with Crippen LogP contribution in [-0.2, 0) is 4.79 Å². The normalized spacial score (nSPS) is 24.3. The topological polar surface area (TPSA) is 41.1 Å². The lowest BCUT2D eigenvalue weighted by Crippen LogP contribution is -2.40. The molecule has 0 radical (unpaired) electrons. The molecule has 1 fully saturated rings. The average molecular weight is 216 g/mol. The van der Waals surface area contributed by atoms with Gasteiger partial charge >= 0.3 is 0 Å². The molecule has 1 rings (SSSR count). The van der Waals surface area contributed by atoms with E-state index in [1.165, 1.54) is 12.8 Å². The summed E-state index contributed by atoms with van der Waals surface area (Å²) in [4.78, 5) is 11.5.